The van der Waals surface area contributed by atoms with E-state index in [1.165, 1.54) is 0 Å². The Balaban J connectivity index is 2.69. The third-order valence-corrected chi connectivity index (χ3v) is 2.14. The number of rotatable bonds is 7. The molecular formula is C12H19N3O3. The largest absolute Gasteiger partial charge is 0.481 e. The molecule has 0 aliphatic carbocycles. The predicted octanol–water partition coefficient (Wildman–Crippen LogP) is 1.85. The van der Waals surface area contributed by atoms with Crippen molar-refractivity contribution in [2.45, 2.75) is 39.7 Å². The number of nitrogens with zero attached hydrogens (tertiary/aromatic N) is 2. The van der Waals surface area contributed by atoms with Crippen molar-refractivity contribution in [2.24, 2.45) is 0 Å². The summed E-state index contributed by atoms with van der Waals surface area (Å²) in [6.07, 6.45) is 0.920. The first-order valence-electron chi connectivity index (χ1n) is 5.98. The summed E-state index contributed by atoms with van der Waals surface area (Å²) in [5, 5.41) is 11.6. The second kappa shape index (κ2) is 6.78. The molecular weight excluding hydrogens is 234 g/mol. The molecule has 0 spiro atoms. The van der Waals surface area contributed by atoms with E-state index in [2.05, 4.69) is 15.3 Å². The van der Waals surface area contributed by atoms with Crippen molar-refractivity contribution in [3.8, 4) is 5.88 Å². The number of ether oxygens (including phenoxy) is 1. The number of nitrogens with one attached hydrogen (secondary N) is 1. The van der Waals surface area contributed by atoms with Crippen molar-refractivity contribution >= 4 is 11.9 Å². The monoisotopic (exact) mass is 253 g/mol. The molecule has 1 atom stereocenters. The van der Waals surface area contributed by atoms with E-state index in [1.54, 1.807) is 13.0 Å². The molecule has 0 fully saturated rings. The van der Waals surface area contributed by atoms with Gasteiger partial charge in [-0.1, -0.05) is 6.92 Å². The maximum Gasteiger partial charge on any atom is 0.305 e. The quantitative estimate of drug-likeness (QED) is 0.771. The van der Waals surface area contributed by atoms with Crippen LogP contribution in [0, 0.1) is 6.92 Å². The molecule has 0 amide bonds. The first-order chi connectivity index (χ1) is 8.51. The Bertz CT molecular complexity index is 410. The van der Waals surface area contributed by atoms with Crippen LogP contribution < -0.4 is 10.1 Å². The molecule has 18 heavy (non-hydrogen) atoms. The van der Waals surface area contributed by atoms with Gasteiger partial charge in [-0.05, 0) is 20.3 Å². The van der Waals surface area contributed by atoms with Gasteiger partial charge in [-0.15, -0.1) is 0 Å². The Morgan fingerprint density at radius 3 is 2.89 bits per heavy atom. The normalized spacial score (nSPS) is 11.9. The lowest BCUT2D eigenvalue weighted by Crippen LogP contribution is -2.21. The Labute approximate surface area is 106 Å². The predicted molar refractivity (Wildman–Crippen MR) is 67.9 cm³/mol. The van der Waals surface area contributed by atoms with Crippen LogP contribution in [0.2, 0.25) is 0 Å². The zero-order valence-corrected chi connectivity index (χ0v) is 10.9. The van der Waals surface area contributed by atoms with E-state index in [9.17, 15) is 4.79 Å². The fraction of sp³-hybridized carbons (Fsp3) is 0.583. The summed E-state index contributed by atoms with van der Waals surface area (Å²) in [7, 11) is 0. The fourth-order valence-electron chi connectivity index (χ4n) is 1.42. The Kier molecular flexibility index (Phi) is 5.35. The van der Waals surface area contributed by atoms with E-state index in [0.717, 1.165) is 12.1 Å². The number of aryl methyl sites for hydroxylation is 1. The smallest absolute Gasteiger partial charge is 0.305 e. The molecule has 1 heterocycles. The molecule has 0 aromatic carbocycles. The van der Waals surface area contributed by atoms with Gasteiger partial charge >= 0.3 is 5.97 Å². The minimum Gasteiger partial charge on any atom is -0.481 e. The van der Waals surface area contributed by atoms with Gasteiger partial charge < -0.3 is 15.2 Å². The van der Waals surface area contributed by atoms with Crippen LogP contribution in [0.25, 0.3) is 0 Å². The van der Waals surface area contributed by atoms with Crippen LogP contribution >= 0.6 is 0 Å². The number of carboxylic acids is 1. The summed E-state index contributed by atoms with van der Waals surface area (Å²) < 4.78 is 5.43. The minimum absolute atomic E-state index is 0.0163. The zero-order chi connectivity index (χ0) is 13.5. The number of hydrogen-bond acceptors (Lipinski definition) is 5. The molecule has 1 unspecified atom stereocenters. The van der Waals surface area contributed by atoms with Gasteiger partial charge in [0.1, 0.15) is 0 Å². The molecule has 1 aromatic rings. The van der Waals surface area contributed by atoms with E-state index >= 15 is 0 Å². The van der Waals surface area contributed by atoms with Gasteiger partial charge in [0, 0.05) is 17.8 Å². The van der Waals surface area contributed by atoms with Crippen molar-refractivity contribution < 1.29 is 14.6 Å². The van der Waals surface area contributed by atoms with E-state index in [-0.39, 0.29) is 12.5 Å². The van der Waals surface area contributed by atoms with Gasteiger partial charge in [0.15, 0.2) is 0 Å². The van der Waals surface area contributed by atoms with Crippen LogP contribution in [0.4, 0.5) is 5.95 Å². The van der Waals surface area contributed by atoms with Crippen molar-refractivity contribution in [3.63, 3.8) is 0 Å². The molecule has 2 N–H and O–H groups in total. The molecule has 0 radical (unpaired) electrons. The van der Waals surface area contributed by atoms with Gasteiger partial charge in [-0.25, -0.2) is 4.98 Å². The van der Waals surface area contributed by atoms with E-state index in [1.807, 2.05) is 13.8 Å². The molecule has 0 bridgehead atoms. The molecule has 6 heteroatoms. The first-order valence-corrected chi connectivity index (χ1v) is 5.98. The second-order valence-corrected chi connectivity index (χ2v) is 4.16. The highest BCUT2D eigenvalue weighted by Crippen LogP contribution is 2.13. The van der Waals surface area contributed by atoms with Crippen molar-refractivity contribution in [3.05, 3.63) is 11.8 Å². The third-order valence-electron chi connectivity index (χ3n) is 2.14. The average Bonchev–Trinajstić information content (AvgIpc) is 2.24. The van der Waals surface area contributed by atoms with Crippen LogP contribution in [-0.4, -0.2) is 33.7 Å². The van der Waals surface area contributed by atoms with Crippen LogP contribution in [0.1, 0.15) is 32.4 Å². The summed E-state index contributed by atoms with van der Waals surface area (Å²) in [5.41, 5.74) is 0.779. The molecule has 0 aliphatic heterocycles. The number of anilines is 1. The van der Waals surface area contributed by atoms with Gasteiger partial charge in [-0.3, -0.25) is 4.79 Å². The Hall–Kier alpha value is -1.85. The lowest BCUT2D eigenvalue weighted by atomic mass is 10.2. The number of carbonyl (C=O) groups is 1. The maximum absolute atomic E-state index is 10.6. The SMILES string of the molecule is CCCOc1cc(C)nc(NC(C)CC(=O)O)n1. The van der Waals surface area contributed by atoms with Gasteiger partial charge in [0.25, 0.3) is 0 Å². The lowest BCUT2D eigenvalue weighted by Gasteiger charge is -2.13. The van der Waals surface area contributed by atoms with Gasteiger partial charge in [0.2, 0.25) is 11.8 Å². The highest BCUT2D eigenvalue weighted by molar-refractivity contribution is 5.68. The molecule has 100 valence electrons. The fourth-order valence-corrected chi connectivity index (χ4v) is 1.42. The topological polar surface area (TPSA) is 84.3 Å². The number of hydrogen-bond donors (Lipinski definition) is 2. The summed E-state index contributed by atoms with van der Waals surface area (Å²) >= 11 is 0. The van der Waals surface area contributed by atoms with Crippen LogP contribution in [-0.2, 0) is 4.79 Å². The van der Waals surface area contributed by atoms with Gasteiger partial charge in [-0.2, -0.15) is 4.98 Å². The third kappa shape index (κ3) is 4.99. The average molecular weight is 253 g/mol. The number of carboxylic acid groups (broad SMARTS) is 1. The zero-order valence-electron chi connectivity index (χ0n) is 10.9. The highest BCUT2D eigenvalue weighted by atomic mass is 16.5. The lowest BCUT2D eigenvalue weighted by molar-refractivity contribution is -0.137. The summed E-state index contributed by atoms with van der Waals surface area (Å²) in [5.74, 6) is 0.0503. The Morgan fingerprint density at radius 2 is 2.28 bits per heavy atom. The maximum atomic E-state index is 10.6. The molecule has 0 aliphatic rings. The highest BCUT2D eigenvalue weighted by Gasteiger charge is 2.10. The van der Waals surface area contributed by atoms with Gasteiger partial charge in [0.05, 0.1) is 13.0 Å². The van der Waals surface area contributed by atoms with Crippen molar-refractivity contribution in [2.75, 3.05) is 11.9 Å². The van der Waals surface area contributed by atoms with Crippen LogP contribution in [0.15, 0.2) is 6.07 Å². The van der Waals surface area contributed by atoms with E-state index in [0.29, 0.717) is 18.4 Å². The molecule has 1 aromatic heterocycles. The van der Waals surface area contributed by atoms with Crippen molar-refractivity contribution in [1.82, 2.24) is 9.97 Å². The summed E-state index contributed by atoms with van der Waals surface area (Å²) in [6, 6.07) is 1.52. The van der Waals surface area contributed by atoms with E-state index in [4.69, 9.17) is 9.84 Å². The Morgan fingerprint density at radius 1 is 1.56 bits per heavy atom. The summed E-state index contributed by atoms with van der Waals surface area (Å²) in [4.78, 5) is 18.9. The summed E-state index contributed by atoms with van der Waals surface area (Å²) in [6.45, 7) is 6.22. The molecule has 0 saturated carbocycles. The van der Waals surface area contributed by atoms with E-state index < -0.39 is 5.97 Å². The second-order valence-electron chi connectivity index (χ2n) is 4.16. The molecule has 6 nitrogen and oxygen atoms in total. The van der Waals surface area contributed by atoms with Crippen molar-refractivity contribution in [1.29, 1.82) is 0 Å². The minimum atomic E-state index is -0.856. The number of aromatic nitrogens is 2. The van der Waals surface area contributed by atoms with Crippen LogP contribution in [0.3, 0.4) is 0 Å². The standard InChI is InChI=1S/C12H19N3O3/c1-4-5-18-10-6-8(2)13-12(15-10)14-9(3)7-11(16)17/h6,9H,4-5,7H2,1-3H3,(H,16,17)(H,13,14,15). The molecule has 1 rings (SSSR count). The van der Waals surface area contributed by atoms with Crippen LogP contribution in [0.5, 0.6) is 5.88 Å². The number of aliphatic carboxylic acids is 1. The first kappa shape index (κ1) is 14.2. The molecule has 0 saturated heterocycles.